The SMILES string of the molecule is COC(=O)C[C@H](NC(=O)c1cc(C2CC2)n(C(C)(C)C)n1)c1ccc(OC)c(OC)c1. The molecule has 3 rings (SSSR count). The first-order valence-corrected chi connectivity index (χ1v) is 10.4. The molecule has 1 N–H and O–H groups in total. The van der Waals surface area contributed by atoms with Crippen LogP contribution < -0.4 is 14.8 Å². The zero-order valence-electron chi connectivity index (χ0n) is 19.0. The Labute approximate surface area is 182 Å². The minimum absolute atomic E-state index is 0.0207. The Kier molecular flexibility index (Phi) is 6.57. The van der Waals surface area contributed by atoms with Crippen LogP contribution in [0.2, 0.25) is 0 Å². The summed E-state index contributed by atoms with van der Waals surface area (Å²) in [7, 11) is 4.41. The second kappa shape index (κ2) is 8.99. The normalized spacial score (nSPS) is 14.6. The van der Waals surface area contributed by atoms with Crippen LogP contribution in [0.15, 0.2) is 24.3 Å². The summed E-state index contributed by atoms with van der Waals surface area (Å²) >= 11 is 0. The highest BCUT2D eigenvalue weighted by Gasteiger charge is 2.33. The Morgan fingerprint density at radius 2 is 1.81 bits per heavy atom. The largest absolute Gasteiger partial charge is 0.493 e. The van der Waals surface area contributed by atoms with Crippen molar-refractivity contribution in [3.8, 4) is 11.5 Å². The van der Waals surface area contributed by atoms with E-state index in [0.717, 1.165) is 18.5 Å². The Bertz CT molecular complexity index is 957. The molecule has 0 radical (unpaired) electrons. The van der Waals surface area contributed by atoms with Crippen molar-refractivity contribution in [2.24, 2.45) is 0 Å². The van der Waals surface area contributed by atoms with Gasteiger partial charge in [-0.3, -0.25) is 14.3 Å². The molecule has 1 saturated carbocycles. The lowest BCUT2D eigenvalue weighted by atomic mass is 10.0. The molecule has 1 amide bonds. The van der Waals surface area contributed by atoms with Gasteiger partial charge in [0, 0.05) is 11.6 Å². The summed E-state index contributed by atoms with van der Waals surface area (Å²) in [5.41, 5.74) is 1.89. The first kappa shape index (κ1) is 22.7. The highest BCUT2D eigenvalue weighted by molar-refractivity contribution is 5.93. The molecule has 168 valence electrons. The van der Waals surface area contributed by atoms with Crippen molar-refractivity contribution < 1.29 is 23.8 Å². The summed E-state index contributed by atoms with van der Waals surface area (Å²) in [6, 6.07) is 6.53. The maximum Gasteiger partial charge on any atom is 0.307 e. The third-order valence-corrected chi connectivity index (χ3v) is 5.31. The van der Waals surface area contributed by atoms with E-state index in [1.165, 1.54) is 14.2 Å². The van der Waals surface area contributed by atoms with Crippen molar-refractivity contribution >= 4 is 11.9 Å². The van der Waals surface area contributed by atoms with Gasteiger partial charge in [0.1, 0.15) is 5.69 Å². The van der Waals surface area contributed by atoms with E-state index in [0.29, 0.717) is 28.7 Å². The quantitative estimate of drug-likeness (QED) is 0.645. The molecule has 1 aliphatic carbocycles. The predicted octanol–water partition coefficient (Wildman–Crippen LogP) is 3.57. The van der Waals surface area contributed by atoms with Crippen LogP contribution in [0, 0.1) is 0 Å². The van der Waals surface area contributed by atoms with Gasteiger partial charge >= 0.3 is 5.97 Å². The average molecular weight is 430 g/mol. The Morgan fingerprint density at radius 3 is 2.35 bits per heavy atom. The molecular weight excluding hydrogens is 398 g/mol. The van der Waals surface area contributed by atoms with E-state index in [9.17, 15) is 9.59 Å². The molecule has 8 heteroatoms. The average Bonchev–Trinajstić information content (AvgIpc) is 3.48. The molecule has 0 bridgehead atoms. The van der Waals surface area contributed by atoms with Crippen LogP contribution in [0.25, 0.3) is 0 Å². The Balaban J connectivity index is 1.90. The number of nitrogens with one attached hydrogen (secondary N) is 1. The van der Waals surface area contributed by atoms with Gasteiger partial charge in [-0.15, -0.1) is 0 Å². The van der Waals surface area contributed by atoms with E-state index >= 15 is 0 Å². The fraction of sp³-hybridized carbons (Fsp3) is 0.522. The lowest BCUT2D eigenvalue weighted by Crippen LogP contribution is -2.31. The fourth-order valence-electron chi connectivity index (χ4n) is 3.52. The van der Waals surface area contributed by atoms with Gasteiger partial charge in [0.25, 0.3) is 5.91 Å². The van der Waals surface area contributed by atoms with Crippen molar-refractivity contribution in [1.29, 1.82) is 0 Å². The number of rotatable bonds is 8. The van der Waals surface area contributed by atoms with Gasteiger partial charge in [-0.05, 0) is 57.4 Å². The summed E-state index contributed by atoms with van der Waals surface area (Å²) in [5, 5.41) is 7.54. The zero-order valence-corrected chi connectivity index (χ0v) is 19.0. The molecule has 1 atom stereocenters. The minimum Gasteiger partial charge on any atom is -0.493 e. The van der Waals surface area contributed by atoms with Crippen molar-refractivity contribution in [3.05, 3.63) is 41.2 Å². The van der Waals surface area contributed by atoms with Gasteiger partial charge in [-0.1, -0.05) is 6.07 Å². The summed E-state index contributed by atoms with van der Waals surface area (Å²) in [5.74, 6) is 0.752. The van der Waals surface area contributed by atoms with Gasteiger partial charge in [0.15, 0.2) is 11.5 Å². The molecule has 31 heavy (non-hydrogen) atoms. The first-order valence-electron chi connectivity index (χ1n) is 10.4. The van der Waals surface area contributed by atoms with Gasteiger partial charge in [-0.2, -0.15) is 5.10 Å². The van der Waals surface area contributed by atoms with E-state index in [1.54, 1.807) is 25.3 Å². The van der Waals surface area contributed by atoms with Crippen LogP contribution >= 0.6 is 0 Å². The molecule has 1 aromatic heterocycles. The molecule has 1 aromatic carbocycles. The molecule has 1 aliphatic rings. The number of amides is 1. The number of esters is 1. The predicted molar refractivity (Wildman–Crippen MR) is 116 cm³/mol. The van der Waals surface area contributed by atoms with Crippen LogP contribution in [-0.2, 0) is 15.1 Å². The maximum absolute atomic E-state index is 13.1. The number of benzene rings is 1. The summed E-state index contributed by atoms with van der Waals surface area (Å²) in [6.45, 7) is 6.20. The number of aromatic nitrogens is 2. The van der Waals surface area contributed by atoms with Gasteiger partial charge < -0.3 is 19.5 Å². The number of nitrogens with zero attached hydrogens (tertiary/aromatic N) is 2. The molecule has 1 heterocycles. The summed E-state index contributed by atoms with van der Waals surface area (Å²) < 4.78 is 17.4. The lowest BCUT2D eigenvalue weighted by Gasteiger charge is -2.22. The Morgan fingerprint density at radius 1 is 1.13 bits per heavy atom. The van der Waals surface area contributed by atoms with Crippen molar-refractivity contribution in [1.82, 2.24) is 15.1 Å². The van der Waals surface area contributed by atoms with E-state index in [4.69, 9.17) is 14.2 Å². The number of hydrogen-bond acceptors (Lipinski definition) is 6. The number of methoxy groups -OCH3 is 3. The van der Waals surface area contributed by atoms with Gasteiger partial charge in [0.2, 0.25) is 0 Å². The highest BCUT2D eigenvalue weighted by Crippen LogP contribution is 2.41. The smallest absolute Gasteiger partial charge is 0.307 e. The first-order chi connectivity index (χ1) is 14.7. The molecule has 1 fully saturated rings. The molecule has 0 unspecified atom stereocenters. The van der Waals surface area contributed by atoms with Crippen LogP contribution in [0.4, 0.5) is 0 Å². The van der Waals surface area contributed by atoms with Crippen molar-refractivity contribution in [2.45, 2.75) is 57.5 Å². The number of ether oxygens (including phenoxy) is 3. The maximum atomic E-state index is 13.1. The van der Waals surface area contributed by atoms with Crippen LogP contribution in [0.5, 0.6) is 11.5 Å². The van der Waals surface area contributed by atoms with E-state index in [-0.39, 0.29) is 17.9 Å². The molecular formula is C23H31N3O5. The molecule has 0 saturated heterocycles. The van der Waals surface area contributed by atoms with Crippen molar-refractivity contribution in [2.75, 3.05) is 21.3 Å². The molecule has 8 nitrogen and oxygen atoms in total. The third-order valence-electron chi connectivity index (χ3n) is 5.31. The number of carbonyl (C=O) groups excluding carboxylic acids is 2. The lowest BCUT2D eigenvalue weighted by molar-refractivity contribution is -0.141. The minimum atomic E-state index is -0.607. The van der Waals surface area contributed by atoms with Crippen molar-refractivity contribution in [3.63, 3.8) is 0 Å². The van der Waals surface area contributed by atoms with E-state index in [1.807, 2.05) is 10.7 Å². The van der Waals surface area contributed by atoms with Crippen LogP contribution in [0.3, 0.4) is 0 Å². The summed E-state index contributed by atoms with van der Waals surface area (Å²) in [6.07, 6.45) is 2.20. The van der Waals surface area contributed by atoms with E-state index < -0.39 is 12.0 Å². The second-order valence-electron chi connectivity index (χ2n) is 8.73. The second-order valence-corrected chi connectivity index (χ2v) is 8.73. The van der Waals surface area contributed by atoms with Crippen LogP contribution in [0.1, 0.15) is 73.7 Å². The summed E-state index contributed by atoms with van der Waals surface area (Å²) in [4.78, 5) is 25.1. The molecule has 2 aromatic rings. The zero-order chi connectivity index (χ0) is 22.8. The number of carbonyl (C=O) groups is 2. The van der Waals surface area contributed by atoms with Gasteiger partial charge in [0.05, 0.1) is 39.3 Å². The highest BCUT2D eigenvalue weighted by atomic mass is 16.5. The fourth-order valence-corrected chi connectivity index (χ4v) is 3.52. The third kappa shape index (κ3) is 5.18. The standard InChI is InChI=1S/C23H31N3O5/c1-23(2,3)26-18(14-7-8-14)12-17(25-26)22(28)24-16(13-21(27)31-6)15-9-10-19(29-4)20(11-15)30-5/h9-12,14,16H,7-8,13H2,1-6H3,(H,24,28)/t16-/m0/s1. The monoisotopic (exact) mass is 429 g/mol. The Hall–Kier alpha value is -3.03. The number of hydrogen-bond donors (Lipinski definition) is 1. The molecule has 0 spiro atoms. The van der Waals surface area contributed by atoms with E-state index in [2.05, 4.69) is 31.2 Å². The topological polar surface area (TPSA) is 91.7 Å². The molecule has 0 aliphatic heterocycles. The van der Waals surface area contributed by atoms with Crippen LogP contribution in [-0.4, -0.2) is 43.0 Å². The van der Waals surface area contributed by atoms with Gasteiger partial charge in [-0.25, -0.2) is 0 Å².